The Labute approximate surface area is 287 Å². The molecule has 0 amide bonds. The molecule has 1 aromatic heterocycles. The second-order valence-electron chi connectivity index (χ2n) is 12.7. The maximum atomic E-state index is 13.2. The predicted octanol–water partition coefficient (Wildman–Crippen LogP) is 10.9. The Kier molecular flexibility index (Phi) is 15.4. The second kappa shape index (κ2) is 20.2. The van der Waals surface area contributed by atoms with Crippen LogP contribution in [0.1, 0.15) is 114 Å². The number of phenols is 1. The molecule has 0 spiro atoms. The summed E-state index contributed by atoms with van der Waals surface area (Å²) in [5.41, 5.74) is 2.52. The van der Waals surface area contributed by atoms with Crippen LogP contribution in [-0.2, 0) is 4.74 Å². The van der Waals surface area contributed by atoms with E-state index in [2.05, 4.69) is 18.8 Å². The lowest BCUT2D eigenvalue weighted by Crippen LogP contribution is -2.15. The highest BCUT2D eigenvalue weighted by Gasteiger charge is 2.17. The maximum absolute atomic E-state index is 13.2. The number of methoxy groups -OCH3 is 1. The van der Waals surface area contributed by atoms with Crippen molar-refractivity contribution in [3.05, 3.63) is 78.4 Å². The molecule has 4 rings (SSSR count). The van der Waals surface area contributed by atoms with Gasteiger partial charge in [0.05, 0.1) is 24.8 Å². The number of aromatic hydroxyl groups is 1. The number of unbranched alkanes of at least 4 members (excludes halogenated alkanes) is 10. The van der Waals surface area contributed by atoms with Crippen LogP contribution in [0.2, 0.25) is 0 Å². The SMILES string of the molecule is CCCCCCCCCC(CCCCCCC)COC(=O)c1ccc(-c2nc(-c3ccccc3)nc(-c3ccc(OC)cc3O)n2)cc1. The Morgan fingerprint density at radius 3 is 1.77 bits per heavy atom. The van der Waals surface area contributed by atoms with E-state index in [1.165, 1.54) is 83.1 Å². The van der Waals surface area contributed by atoms with E-state index < -0.39 is 0 Å². The number of hydrogen-bond acceptors (Lipinski definition) is 7. The summed E-state index contributed by atoms with van der Waals surface area (Å²) in [5, 5.41) is 10.7. The number of carbonyl (C=O) groups is 1. The quantitative estimate of drug-likeness (QED) is 0.0707. The average Bonchev–Trinajstić information content (AvgIpc) is 3.13. The molecule has 0 fully saturated rings. The molecular weight excluding hydrogens is 598 g/mol. The van der Waals surface area contributed by atoms with E-state index in [9.17, 15) is 9.90 Å². The Morgan fingerprint density at radius 2 is 1.21 bits per heavy atom. The molecule has 0 saturated heterocycles. The summed E-state index contributed by atoms with van der Waals surface area (Å²) in [5.74, 6) is 1.90. The number of rotatable bonds is 21. The molecule has 0 bridgehead atoms. The minimum atomic E-state index is -0.304. The first-order valence-corrected chi connectivity index (χ1v) is 18.0. The first-order chi connectivity index (χ1) is 23.5. The standard InChI is InChI=1S/C41H53N3O4/c1-4-6-8-10-11-13-16-20-31(19-15-12-9-7-5-2)30-48-41(46)34-25-23-33(24-26-34)39-42-38(32-21-17-14-18-22-32)43-40(44-39)36-28-27-35(47-3)29-37(36)45/h14,17-18,21-29,31,45H,4-13,15-16,19-20,30H2,1-3H3. The molecule has 1 heterocycles. The smallest absolute Gasteiger partial charge is 0.338 e. The maximum Gasteiger partial charge on any atom is 0.338 e. The lowest BCUT2D eigenvalue weighted by Gasteiger charge is -2.17. The van der Waals surface area contributed by atoms with Crippen LogP contribution >= 0.6 is 0 Å². The molecular formula is C41H53N3O4. The van der Waals surface area contributed by atoms with Crippen LogP contribution in [0.5, 0.6) is 11.5 Å². The number of esters is 1. The van der Waals surface area contributed by atoms with Crippen molar-refractivity contribution in [1.29, 1.82) is 0 Å². The van der Waals surface area contributed by atoms with Crippen LogP contribution in [0.25, 0.3) is 34.2 Å². The molecule has 1 atom stereocenters. The topological polar surface area (TPSA) is 94.4 Å². The molecule has 0 aliphatic rings. The summed E-state index contributed by atoms with van der Waals surface area (Å²) >= 11 is 0. The van der Waals surface area contributed by atoms with E-state index in [1.54, 1.807) is 31.4 Å². The molecule has 48 heavy (non-hydrogen) atoms. The molecule has 0 aliphatic carbocycles. The third-order valence-corrected chi connectivity index (χ3v) is 8.87. The van der Waals surface area contributed by atoms with Crippen LogP contribution < -0.4 is 4.74 Å². The van der Waals surface area contributed by atoms with Gasteiger partial charge in [-0.3, -0.25) is 0 Å². The van der Waals surface area contributed by atoms with Gasteiger partial charge in [0.25, 0.3) is 0 Å². The molecule has 0 radical (unpaired) electrons. The summed E-state index contributed by atoms with van der Waals surface area (Å²) < 4.78 is 11.1. The lowest BCUT2D eigenvalue weighted by molar-refractivity contribution is 0.0422. The largest absolute Gasteiger partial charge is 0.507 e. The first-order valence-electron chi connectivity index (χ1n) is 18.0. The number of hydrogen-bond donors (Lipinski definition) is 1. The van der Waals surface area contributed by atoms with Crippen molar-refractivity contribution < 1.29 is 19.4 Å². The van der Waals surface area contributed by atoms with Crippen LogP contribution in [0.15, 0.2) is 72.8 Å². The Balaban J connectivity index is 1.44. The molecule has 7 nitrogen and oxygen atoms in total. The Morgan fingerprint density at radius 1 is 0.667 bits per heavy atom. The fourth-order valence-corrected chi connectivity index (χ4v) is 5.94. The number of nitrogens with zero attached hydrogens (tertiary/aromatic N) is 3. The highest BCUT2D eigenvalue weighted by Crippen LogP contribution is 2.32. The van der Waals surface area contributed by atoms with Crippen LogP contribution in [0.3, 0.4) is 0 Å². The third kappa shape index (κ3) is 11.5. The zero-order chi connectivity index (χ0) is 34.0. The predicted molar refractivity (Wildman–Crippen MR) is 194 cm³/mol. The fraction of sp³-hybridized carbons (Fsp3) is 0.463. The van der Waals surface area contributed by atoms with E-state index in [-0.39, 0.29) is 11.7 Å². The van der Waals surface area contributed by atoms with Crippen molar-refractivity contribution in [2.24, 2.45) is 5.92 Å². The van der Waals surface area contributed by atoms with Crippen LogP contribution in [0, 0.1) is 5.92 Å². The molecule has 1 N–H and O–H groups in total. The molecule has 7 heteroatoms. The number of benzene rings is 3. The van der Waals surface area contributed by atoms with Crippen molar-refractivity contribution in [3.63, 3.8) is 0 Å². The zero-order valence-corrected chi connectivity index (χ0v) is 29.1. The molecule has 256 valence electrons. The van der Waals surface area contributed by atoms with Crippen molar-refractivity contribution in [2.45, 2.75) is 104 Å². The summed E-state index contributed by atoms with van der Waals surface area (Å²) in [6.07, 6.45) is 17.5. The number of ether oxygens (including phenoxy) is 2. The minimum Gasteiger partial charge on any atom is -0.507 e. The van der Waals surface area contributed by atoms with Gasteiger partial charge in [-0.15, -0.1) is 0 Å². The highest BCUT2D eigenvalue weighted by atomic mass is 16.5. The number of phenolic OH excluding ortho intramolecular Hbond substituents is 1. The Hall–Kier alpha value is -4.26. The van der Waals surface area contributed by atoms with Gasteiger partial charge >= 0.3 is 5.97 Å². The second-order valence-corrected chi connectivity index (χ2v) is 12.7. The van der Waals surface area contributed by atoms with Crippen molar-refractivity contribution in [2.75, 3.05) is 13.7 Å². The van der Waals surface area contributed by atoms with Gasteiger partial charge in [0, 0.05) is 17.2 Å². The van der Waals surface area contributed by atoms with Crippen LogP contribution in [0.4, 0.5) is 0 Å². The number of aromatic nitrogens is 3. The lowest BCUT2D eigenvalue weighted by atomic mass is 9.95. The van der Waals surface area contributed by atoms with Gasteiger partial charge in [0.15, 0.2) is 17.5 Å². The summed E-state index contributed by atoms with van der Waals surface area (Å²) in [6.45, 7) is 4.96. The molecule has 3 aromatic carbocycles. The zero-order valence-electron chi connectivity index (χ0n) is 29.1. The van der Waals surface area contributed by atoms with Crippen molar-refractivity contribution >= 4 is 5.97 Å². The van der Waals surface area contributed by atoms with Gasteiger partial charge in [0.2, 0.25) is 0 Å². The monoisotopic (exact) mass is 651 g/mol. The molecule has 4 aromatic rings. The van der Waals surface area contributed by atoms with Gasteiger partial charge < -0.3 is 14.6 Å². The third-order valence-electron chi connectivity index (χ3n) is 8.87. The minimum absolute atomic E-state index is 0.00911. The normalized spacial score (nSPS) is 11.7. The summed E-state index contributed by atoms with van der Waals surface area (Å²) in [4.78, 5) is 27.3. The van der Waals surface area contributed by atoms with E-state index in [4.69, 9.17) is 19.4 Å². The van der Waals surface area contributed by atoms with Gasteiger partial charge in [0.1, 0.15) is 11.5 Å². The summed E-state index contributed by atoms with van der Waals surface area (Å²) in [6, 6.07) is 21.9. The average molecular weight is 652 g/mol. The van der Waals surface area contributed by atoms with Crippen LogP contribution in [-0.4, -0.2) is 39.7 Å². The van der Waals surface area contributed by atoms with Gasteiger partial charge in [-0.25, -0.2) is 19.7 Å². The van der Waals surface area contributed by atoms with Gasteiger partial charge in [-0.05, 0) is 43.0 Å². The number of carbonyl (C=O) groups excluding carboxylic acids is 1. The Bertz CT molecular complexity index is 1520. The van der Waals surface area contributed by atoms with Gasteiger partial charge in [-0.1, -0.05) is 133 Å². The van der Waals surface area contributed by atoms with E-state index in [0.29, 0.717) is 46.9 Å². The first kappa shape index (κ1) is 36.6. The fourth-order valence-electron chi connectivity index (χ4n) is 5.94. The van der Waals surface area contributed by atoms with Crippen molar-refractivity contribution in [3.8, 4) is 45.7 Å². The van der Waals surface area contributed by atoms with E-state index >= 15 is 0 Å². The highest BCUT2D eigenvalue weighted by molar-refractivity contribution is 5.90. The summed E-state index contributed by atoms with van der Waals surface area (Å²) in [7, 11) is 1.55. The molecule has 1 unspecified atom stereocenters. The molecule has 0 saturated carbocycles. The van der Waals surface area contributed by atoms with E-state index in [1.807, 2.05) is 42.5 Å². The van der Waals surface area contributed by atoms with Crippen molar-refractivity contribution in [1.82, 2.24) is 15.0 Å². The van der Waals surface area contributed by atoms with E-state index in [0.717, 1.165) is 24.0 Å². The van der Waals surface area contributed by atoms with Gasteiger partial charge in [-0.2, -0.15) is 0 Å². The molecule has 0 aliphatic heterocycles.